The van der Waals surface area contributed by atoms with Crippen LogP contribution in [-0.2, 0) is 57.3 Å². The Morgan fingerprint density at radius 1 is 0.404 bits per heavy atom. The number of esters is 4. The molecule has 4 fully saturated rings. The van der Waals surface area contributed by atoms with E-state index >= 15 is 0 Å². The average molecular weight is 1420 g/mol. The third kappa shape index (κ3) is 18.8. The number of anilines is 4. The van der Waals surface area contributed by atoms with Crippen LogP contribution in [0.15, 0.2) is 157 Å². The van der Waals surface area contributed by atoms with Gasteiger partial charge in [0.1, 0.15) is 23.0 Å². The summed E-state index contributed by atoms with van der Waals surface area (Å²) in [4.78, 5) is 110. The van der Waals surface area contributed by atoms with E-state index < -0.39 is 94.8 Å². The van der Waals surface area contributed by atoms with Crippen LogP contribution >= 0.6 is 0 Å². The van der Waals surface area contributed by atoms with Crippen molar-refractivity contribution >= 4 is 98.3 Å². The van der Waals surface area contributed by atoms with Gasteiger partial charge in [0.05, 0.1) is 142 Å². The number of ether oxygens (including phenoxy) is 8. The molecule has 0 aliphatic heterocycles. The van der Waals surface area contributed by atoms with Gasteiger partial charge in [-0.2, -0.15) is 0 Å². The Balaban J connectivity index is 1.25. The van der Waals surface area contributed by atoms with Crippen molar-refractivity contribution in [2.75, 3.05) is 76.1 Å². The van der Waals surface area contributed by atoms with E-state index in [4.69, 9.17) is 55.1 Å². The van der Waals surface area contributed by atoms with Crippen molar-refractivity contribution in [3.63, 3.8) is 0 Å². The summed E-state index contributed by atoms with van der Waals surface area (Å²) >= 11 is 0. The van der Waals surface area contributed by atoms with Gasteiger partial charge >= 0.3 is 23.9 Å². The molecule has 11 N–H and O–H groups in total. The third-order valence-corrected chi connectivity index (χ3v) is 18.1. The van der Waals surface area contributed by atoms with Gasteiger partial charge in [0.25, 0.3) is 0 Å². The summed E-state index contributed by atoms with van der Waals surface area (Å²) in [6.07, 6.45) is 21.3. The van der Waals surface area contributed by atoms with Crippen LogP contribution < -0.4 is 57.4 Å². The fourth-order valence-electron chi connectivity index (χ4n) is 12.3. The fraction of sp³-hybridized carbons (Fsp3) is 0.362. The summed E-state index contributed by atoms with van der Waals surface area (Å²) in [5.74, 6) is -8.13. The Labute approximate surface area is 605 Å². The molecule has 8 atom stereocenters. The molecule has 0 spiro atoms. The maximum absolute atomic E-state index is 14.4. The molecule has 0 radical (unpaired) electrons. The van der Waals surface area contributed by atoms with Gasteiger partial charge in [-0.1, -0.05) is 94.5 Å². The van der Waals surface area contributed by atoms with Crippen LogP contribution in [0.2, 0.25) is 0 Å². The maximum Gasteiger partial charge on any atom is 0.309 e. The minimum atomic E-state index is -0.753. The Morgan fingerprint density at radius 2 is 0.740 bits per heavy atom. The van der Waals surface area contributed by atoms with Crippen molar-refractivity contribution in [3.8, 4) is 23.0 Å². The number of nitrogens with two attached hydrogens (primary N) is 3. The monoisotopic (exact) mass is 1420 g/mol. The van der Waals surface area contributed by atoms with Crippen LogP contribution in [0.5, 0.6) is 23.0 Å². The van der Waals surface area contributed by atoms with Gasteiger partial charge in [-0.25, -0.2) is 0 Å². The number of carbonyl (C=O) groups is 8. The normalized spacial score (nSPS) is 23.7. The summed E-state index contributed by atoms with van der Waals surface area (Å²) in [5.41, 5.74) is 24.9. The summed E-state index contributed by atoms with van der Waals surface area (Å²) < 4.78 is 45.4. The first kappa shape index (κ1) is 76.7. The third-order valence-electron chi connectivity index (χ3n) is 18.1. The number of rotatable bonds is 28. The van der Waals surface area contributed by atoms with E-state index in [0.29, 0.717) is 71.0 Å². The topological polar surface area (TPSA) is 360 Å². The van der Waals surface area contributed by atoms with Crippen molar-refractivity contribution in [3.05, 3.63) is 179 Å². The molecule has 0 saturated heterocycles. The highest BCUT2D eigenvalue weighted by Gasteiger charge is 2.52. The smallest absolute Gasteiger partial charge is 0.309 e. The Hall–Kier alpha value is -11.4. The van der Waals surface area contributed by atoms with Crippen LogP contribution in [0.4, 0.5) is 22.7 Å². The van der Waals surface area contributed by atoms with Gasteiger partial charge in [-0.05, 0) is 142 Å². The van der Waals surface area contributed by atoms with Crippen molar-refractivity contribution in [1.82, 2.24) is 0 Å². The number of hydrogen-bond donors (Lipinski definition) is 8. The highest BCUT2D eigenvalue weighted by atomic mass is 16.5. The van der Waals surface area contributed by atoms with E-state index in [2.05, 4.69) is 21.3 Å². The van der Waals surface area contributed by atoms with Crippen molar-refractivity contribution < 1.29 is 76.3 Å². The molecule has 0 aromatic heterocycles. The predicted octanol–water partition coefficient (Wildman–Crippen LogP) is 11.5. The second kappa shape index (κ2) is 35.9. The van der Waals surface area contributed by atoms with Crippen LogP contribution in [0.1, 0.15) is 108 Å². The van der Waals surface area contributed by atoms with Gasteiger partial charge in [-0.3, -0.25) is 38.4 Å². The number of hydrogen-bond acceptors (Lipinski definition) is 20. The van der Waals surface area contributed by atoms with E-state index in [1.165, 1.54) is 34.5 Å². The first-order valence-electron chi connectivity index (χ1n) is 35.0. The lowest BCUT2D eigenvalue weighted by atomic mass is 9.93. The molecule has 5 aliphatic rings. The van der Waals surface area contributed by atoms with Crippen LogP contribution in [0.25, 0.3) is 22.3 Å². The standard InChI is InChI=1S/C80H92N8O16/c1-9-37-101-77(93)51-41-47(51)73(89)85-59-29-17-30-60(86-74(90)48-42-52(48)78(94)102-38-10-2)71(59)69-55(81)25-13-21-45(67-63(97-5)33-19-34-64(67)98-6)23-15-27-57(83)70(58(84)28-16-24-46(22-14-26-56(69)82)68-65(99-7)35-20-36-66(68)100-8)72-61(87-75(91)49-43-53(49)79(95)103-39-11-3)31-18-32-62(72)88-76(92)50-44-54(50)80(96)104-40-12-4/h13-23,25-36,47-54,81H,9-12,24,37-44,82-84H2,1-8H3,(H,85,89)(H,86,90)(H,87,91)(H,88,92)/b23-15+,25-13?,26-14-,28-16-,45-21-,46-22-,57-27-,69-56?,70-58+,81-55?/t47-,48-,49-,50-,51-,52-,53-,54-/m1/s1. The molecule has 24 heteroatoms. The molecule has 4 amide bonds. The molecule has 4 saturated carbocycles. The predicted molar refractivity (Wildman–Crippen MR) is 397 cm³/mol. The van der Waals surface area contributed by atoms with E-state index in [-0.39, 0.29) is 126 Å². The Morgan fingerprint density at radius 3 is 1.12 bits per heavy atom. The minimum Gasteiger partial charge on any atom is -0.496 e. The molecule has 9 rings (SSSR count). The van der Waals surface area contributed by atoms with E-state index in [9.17, 15) is 43.8 Å². The van der Waals surface area contributed by atoms with E-state index in [1.807, 2.05) is 27.7 Å². The molecule has 4 aromatic rings. The summed E-state index contributed by atoms with van der Waals surface area (Å²) in [6.45, 7) is 8.26. The van der Waals surface area contributed by atoms with Gasteiger partial charge in [0, 0.05) is 39.4 Å². The number of nitrogens with one attached hydrogen (secondary N) is 5. The second-order valence-electron chi connectivity index (χ2n) is 25.6. The van der Waals surface area contributed by atoms with Gasteiger partial charge in [-0.15, -0.1) is 0 Å². The largest absolute Gasteiger partial charge is 0.496 e. The molecular weight excluding hydrogens is 1330 g/mol. The zero-order valence-corrected chi connectivity index (χ0v) is 59.9. The van der Waals surface area contributed by atoms with E-state index in [0.717, 1.165) is 0 Å². The van der Waals surface area contributed by atoms with Crippen molar-refractivity contribution in [1.29, 1.82) is 5.41 Å². The van der Waals surface area contributed by atoms with Crippen LogP contribution in [0, 0.1) is 52.8 Å². The fourth-order valence-corrected chi connectivity index (χ4v) is 12.3. The number of allylic oxidation sites excluding steroid dienone is 15. The Kier molecular flexibility index (Phi) is 26.5. The summed E-state index contributed by atoms with van der Waals surface area (Å²) in [7, 11) is 6.01. The zero-order chi connectivity index (χ0) is 74.7. The molecule has 0 bridgehead atoms. The van der Waals surface area contributed by atoms with Gasteiger partial charge in [0.15, 0.2) is 0 Å². The average Bonchev–Trinajstić information content (AvgIpc) is 1.76. The zero-order valence-electron chi connectivity index (χ0n) is 59.9. The number of amides is 4. The highest BCUT2D eigenvalue weighted by Crippen LogP contribution is 2.47. The van der Waals surface area contributed by atoms with Gasteiger partial charge < -0.3 is 81.8 Å². The summed E-state index contributed by atoms with van der Waals surface area (Å²) in [6, 6.07) is 20.2. The molecule has 4 aromatic carbocycles. The molecule has 548 valence electrons. The lowest BCUT2D eigenvalue weighted by Gasteiger charge is -2.21. The molecular formula is C80H92N8O16. The first-order valence-corrected chi connectivity index (χ1v) is 35.0. The first-order chi connectivity index (χ1) is 50.2. The molecule has 0 heterocycles. The van der Waals surface area contributed by atoms with Crippen LogP contribution in [-0.4, -0.2) is 108 Å². The molecule has 104 heavy (non-hydrogen) atoms. The lowest BCUT2D eigenvalue weighted by Crippen LogP contribution is -2.22. The Bertz CT molecular complexity index is 4090. The van der Waals surface area contributed by atoms with E-state index in [1.54, 1.807) is 134 Å². The number of carbonyl (C=O) groups excluding carboxylic acids is 8. The summed E-state index contributed by atoms with van der Waals surface area (Å²) in [5, 5.41) is 22.1. The molecule has 5 aliphatic carbocycles. The quantitative estimate of drug-likeness (QED) is 0.0193. The van der Waals surface area contributed by atoms with Crippen molar-refractivity contribution in [2.24, 2.45) is 64.5 Å². The van der Waals surface area contributed by atoms with Crippen molar-refractivity contribution in [2.45, 2.75) is 85.5 Å². The molecule has 24 nitrogen and oxygen atoms in total. The van der Waals surface area contributed by atoms with Gasteiger partial charge in [0.2, 0.25) is 23.6 Å². The highest BCUT2D eigenvalue weighted by molar-refractivity contribution is 6.32. The number of methoxy groups -OCH3 is 4. The van der Waals surface area contributed by atoms with Crippen LogP contribution in [0.3, 0.4) is 0 Å². The second-order valence-corrected chi connectivity index (χ2v) is 25.6. The molecule has 0 unspecified atom stereocenters. The SMILES string of the molecule is CCCOC(=O)[C@@H]1C[C@H]1C(=O)Nc1cccc(NC(=O)[C@@H]2C[C@H]2C(=O)OCCC)c1C1=C(N)/C=C\C=C(/c2c(OC)cccc2OC)C\C=C/C(N)=C(c2c(NC(=O)[C@@H]3C[C@H]3C(=O)OCCC)cccc2NC(=O)[C@@H]2C[C@H]2C(=O)OCCC)/C(N)=C/C=C/C(c2c(OC)cccc2OC)=C/C=CC1=N. The lowest BCUT2D eigenvalue weighted by molar-refractivity contribution is -0.146. The maximum atomic E-state index is 14.4. The minimum absolute atomic E-state index is 0.0183. The number of benzene rings is 4.